The molecule has 1 saturated heterocycles. The molecule has 0 aliphatic carbocycles. The van der Waals surface area contributed by atoms with Crippen LogP contribution < -0.4 is 5.32 Å². The van der Waals surface area contributed by atoms with E-state index in [-0.39, 0.29) is 5.56 Å². The van der Waals surface area contributed by atoms with Crippen LogP contribution in [-0.4, -0.2) is 55.1 Å². The predicted molar refractivity (Wildman–Crippen MR) is 77.5 cm³/mol. The first kappa shape index (κ1) is 16.8. The molecule has 1 aromatic carbocycles. The molecule has 1 aliphatic heterocycles. The van der Waals surface area contributed by atoms with E-state index in [9.17, 15) is 18.0 Å². The summed E-state index contributed by atoms with van der Waals surface area (Å²) in [5, 5.41) is 2.68. The van der Waals surface area contributed by atoms with Crippen LogP contribution in [-0.2, 0) is 6.18 Å². The number of rotatable bonds is 4. The number of hydrogen-bond acceptors (Lipinski definition) is 3. The number of alkyl halides is 3. The summed E-state index contributed by atoms with van der Waals surface area (Å²) in [7, 11) is 0. The quantitative estimate of drug-likeness (QED) is 0.923. The van der Waals surface area contributed by atoms with E-state index in [1.165, 1.54) is 12.1 Å². The van der Waals surface area contributed by atoms with Crippen molar-refractivity contribution in [3.05, 3.63) is 35.4 Å². The van der Waals surface area contributed by atoms with Gasteiger partial charge in [0.05, 0.1) is 12.2 Å². The van der Waals surface area contributed by atoms with Crippen LogP contribution in [0, 0.1) is 0 Å². The van der Waals surface area contributed by atoms with E-state index in [2.05, 4.69) is 22.0 Å². The van der Waals surface area contributed by atoms with Crippen molar-refractivity contribution in [3.8, 4) is 0 Å². The molecule has 1 aliphatic rings. The van der Waals surface area contributed by atoms with E-state index >= 15 is 0 Å². The minimum Gasteiger partial charge on any atom is -0.339 e. The lowest BCUT2D eigenvalue weighted by molar-refractivity contribution is -0.137. The van der Waals surface area contributed by atoms with Gasteiger partial charge in [-0.2, -0.15) is 13.2 Å². The Balaban J connectivity index is 1.88. The molecular weight excluding hydrogens is 295 g/mol. The van der Waals surface area contributed by atoms with E-state index < -0.39 is 17.6 Å². The molecule has 7 heteroatoms. The van der Waals surface area contributed by atoms with E-state index in [0.717, 1.165) is 44.9 Å². The van der Waals surface area contributed by atoms with Gasteiger partial charge in [0.25, 0.3) is 5.91 Å². The zero-order valence-corrected chi connectivity index (χ0v) is 12.5. The second kappa shape index (κ2) is 7.11. The van der Waals surface area contributed by atoms with Crippen LogP contribution in [0.25, 0.3) is 0 Å². The lowest BCUT2D eigenvalue weighted by Crippen LogP contribution is -2.49. The normalized spacial score (nSPS) is 17.5. The molecule has 122 valence electrons. The van der Waals surface area contributed by atoms with Gasteiger partial charge in [0.1, 0.15) is 0 Å². The minimum absolute atomic E-state index is 0.0296. The lowest BCUT2D eigenvalue weighted by Gasteiger charge is -2.33. The Kier molecular flexibility index (Phi) is 5.42. The first-order chi connectivity index (χ1) is 10.4. The Labute approximate surface area is 127 Å². The van der Waals surface area contributed by atoms with Crippen molar-refractivity contribution in [1.82, 2.24) is 15.1 Å². The molecule has 4 nitrogen and oxygen atoms in total. The monoisotopic (exact) mass is 315 g/mol. The molecule has 0 radical (unpaired) electrons. The average Bonchev–Trinajstić information content (AvgIpc) is 2.52. The van der Waals surface area contributed by atoms with Gasteiger partial charge in [0.15, 0.2) is 0 Å². The van der Waals surface area contributed by atoms with Crippen LogP contribution in [0.2, 0.25) is 0 Å². The van der Waals surface area contributed by atoms with Crippen LogP contribution >= 0.6 is 0 Å². The van der Waals surface area contributed by atoms with Crippen molar-refractivity contribution in [2.75, 3.05) is 39.4 Å². The summed E-state index contributed by atoms with van der Waals surface area (Å²) >= 11 is 0. The topological polar surface area (TPSA) is 35.6 Å². The van der Waals surface area contributed by atoms with Gasteiger partial charge in [0, 0.05) is 31.7 Å². The van der Waals surface area contributed by atoms with Gasteiger partial charge >= 0.3 is 6.18 Å². The van der Waals surface area contributed by atoms with E-state index in [0.29, 0.717) is 6.67 Å². The van der Waals surface area contributed by atoms with Crippen molar-refractivity contribution in [1.29, 1.82) is 0 Å². The van der Waals surface area contributed by atoms with Gasteiger partial charge in [-0.1, -0.05) is 13.0 Å². The third-order valence-electron chi connectivity index (χ3n) is 3.83. The number of hydrogen-bond donors (Lipinski definition) is 1. The summed E-state index contributed by atoms with van der Waals surface area (Å²) in [6, 6.07) is 4.47. The minimum atomic E-state index is -4.44. The number of benzene rings is 1. The van der Waals surface area contributed by atoms with Gasteiger partial charge in [-0.25, -0.2) is 0 Å². The summed E-state index contributed by atoms with van der Waals surface area (Å²) in [5.41, 5.74) is -0.779. The van der Waals surface area contributed by atoms with Crippen molar-refractivity contribution in [2.45, 2.75) is 13.1 Å². The molecular formula is C15H20F3N3O. The number of carbonyl (C=O) groups is 1. The lowest BCUT2D eigenvalue weighted by atomic mass is 10.1. The summed E-state index contributed by atoms with van der Waals surface area (Å²) < 4.78 is 37.9. The third kappa shape index (κ3) is 4.45. The molecule has 22 heavy (non-hydrogen) atoms. The Hall–Kier alpha value is -1.60. The number of carbonyl (C=O) groups excluding carboxylic acids is 1. The zero-order valence-electron chi connectivity index (χ0n) is 12.5. The summed E-state index contributed by atoms with van der Waals surface area (Å²) in [6.07, 6.45) is -4.44. The molecule has 1 heterocycles. The van der Waals surface area contributed by atoms with E-state index in [1.807, 2.05) is 0 Å². The highest BCUT2D eigenvalue weighted by molar-refractivity contribution is 5.94. The number of halogens is 3. The highest BCUT2D eigenvalue weighted by atomic mass is 19.4. The van der Waals surface area contributed by atoms with Gasteiger partial charge in [-0.3, -0.25) is 9.69 Å². The van der Waals surface area contributed by atoms with Crippen molar-refractivity contribution in [3.63, 3.8) is 0 Å². The van der Waals surface area contributed by atoms with Gasteiger partial charge in [0.2, 0.25) is 0 Å². The fourth-order valence-corrected chi connectivity index (χ4v) is 2.39. The SMILES string of the molecule is CCN1CCN(CNC(=O)c2cccc(C(F)(F)F)c2)CC1. The number of likely N-dealkylation sites (N-methyl/N-ethyl adjacent to an activating group) is 1. The molecule has 0 bridgehead atoms. The Morgan fingerprint density at radius 3 is 2.41 bits per heavy atom. The first-order valence-electron chi connectivity index (χ1n) is 7.30. The number of nitrogens with one attached hydrogen (secondary N) is 1. The van der Waals surface area contributed by atoms with Gasteiger partial charge in [-0.05, 0) is 24.7 Å². The molecule has 1 amide bonds. The van der Waals surface area contributed by atoms with E-state index in [1.54, 1.807) is 0 Å². The highest BCUT2D eigenvalue weighted by Gasteiger charge is 2.30. The van der Waals surface area contributed by atoms with Gasteiger partial charge < -0.3 is 10.2 Å². The summed E-state index contributed by atoms with van der Waals surface area (Å²) in [5.74, 6) is -0.482. The molecule has 0 atom stereocenters. The molecule has 1 fully saturated rings. The molecule has 0 unspecified atom stereocenters. The molecule has 1 aromatic rings. The van der Waals surface area contributed by atoms with Gasteiger partial charge in [-0.15, -0.1) is 0 Å². The maximum atomic E-state index is 12.6. The largest absolute Gasteiger partial charge is 0.416 e. The maximum Gasteiger partial charge on any atom is 0.416 e. The fourth-order valence-electron chi connectivity index (χ4n) is 2.39. The Morgan fingerprint density at radius 2 is 1.82 bits per heavy atom. The molecule has 2 rings (SSSR count). The first-order valence-corrected chi connectivity index (χ1v) is 7.30. The Morgan fingerprint density at radius 1 is 1.18 bits per heavy atom. The number of nitrogens with zero attached hydrogens (tertiary/aromatic N) is 2. The number of amides is 1. The molecule has 0 spiro atoms. The molecule has 1 N–H and O–H groups in total. The van der Waals surface area contributed by atoms with Crippen LogP contribution in [0.3, 0.4) is 0 Å². The smallest absolute Gasteiger partial charge is 0.339 e. The van der Waals surface area contributed by atoms with Crippen LogP contribution in [0.1, 0.15) is 22.8 Å². The second-order valence-corrected chi connectivity index (χ2v) is 5.29. The molecule has 0 saturated carbocycles. The fraction of sp³-hybridized carbons (Fsp3) is 0.533. The van der Waals surface area contributed by atoms with Crippen molar-refractivity contribution >= 4 is 5.91 Å². The Bertz CT molecular complexity index is 511. The highest BCUT2D eigenvalue weighted by Crippen LogP contribution is 2.29. The summed E-state index contributed by atoms with van der Waals surface area (Å²) in [4.78, 5) is 16.4. The standard InChI is InChI=1S/C15H20F3N3O/c1-2-20-6-8-21(9-7-20)11-19-14(22)12-4-3-5-13(10-12)15(16,17)18/h3-5,10H,2,6-9,11H2,1H3,(H,19,22). The van der Waals surface area contributed by atoms with Crippen LogP contribution in [0.15, 0.2) is 24.3 Å². The number of piperazine rings is 1. The predicted octanol–water partition coefficient (Wildman–Crippen LogP) is 2.03. The van der Waals surface area contributed by atoms with Crippen LogP contribution in [0.5, 0.6) is 0 Å². The summed E-state index contributed by atoms with van der Waals surface area (Å²) in [6.45, 7) is 7.03. The molecule has 0 aromatic heterocycles. The van der Waals surface area contributed by atoms with E-state index in [4.69, 9.17) is 0 Å². The van der Waals surface area contributed by atoms with Crippen molar-refractivity contribution < 1.29 is 18.0 Å². The van der Waals surface area contributed by atoms with Crippen LogP contribution in [0.4, 0.5) is 13.2 Å². The average molecular weight is 315 g/mol. The second-order valence-electron chi connectivity index (χ2n) is 5.29. The third-order valence-corrected chi connectivity index (χ3v) is 3.83. The zero-order chi connectivity index (χ0) is 16.2. The maximum absolute atomic E-state index is 12.6. The van der Waals surface area contributed by atoms with Crippen molar-refractivity contribution in [2.24, 2.45) is 0 Å².